The van der Waals surface area contributed by atoms with Crippen LogP contribution in [0.1, 0.15) is 27.2 Å². The quantitative estimate of drug-likeness (QED) is 0.921. The minimum atomic E-state index is -0.133. The highest BCUT2D eigenvalue weighted by Gasteiger charge is 2.13. The zero-order chi connectivity index (χ0) is 14.2. The van der Waals surface area contributed by atoms with Crippen LogP contribution in [0, 0.1) is 20.8 Å². The van der Waals surface area contributed by atoms with Gasteiger partial charge in [0.25, 0.3) is 5.91 Å². The molecule has 100 valence electrons. The van der Waals surface area contributed by atoms with Crippen molar-refractivity contribution in [2.24, 2.45) is 7.05 Å². The molecule has 0 aliphatic heterocycles. The zero-order valence-electron chi connectivity index (χ0n) is 11.4. The Morgan fingerprint density at radius 1 is 1.26 bits per heavy atom. The van der Waals surface area contributed by atoms with Gasteiger partial charge in [-0.3, -0.25) is 9.48 Å². The fourth-order valence-electron chi connectivity index (χ4n) is 2.04. The van der Waals surface area contributed by atoms with E-state index in [2.05, 4.69) is 26.3 Å². The lowest BCUT2D eigenvalue weighted by Gasteiger charge is -2.09. The Hall–Kier alpha value is -1.62. The second-order valence-corrected chi connectivity index (χ2v) is 5.47. The fraction of sp³-hybridized carbons (Fsp3) is 0.286. The molecule has 0 spiro atoms. The lowest BCUT2D eigenvalue weighted by molar-refractivity contribution is 0.102. The molecule has 1 N–H and O–H groups in total. The van der Waals surface area contributed by atoms with Crippen molar-refractivity contribution in [2.45, 2.75) is 20.8 Å². The number of aryl methyl sites for hydroxylation is 4. The molecule has 1 aromatic heterocycles. The number of carbonyl (C=O) groups excluding carboxylic acids is 1. The lowest BCUT2D eigenvalue weighted by Crippen LogP contribution is -2.12. The standard InChI is InChI=1S/C14H16BrN3O/c1-8-5-11(6-9(2)13(8)15)16-14(19)12-7-18(4)17-10(12)3/h5-7H,1-4H3,(H,16,19). The molecule has 1 amide bonds. The van der Waals surface area contributed by atoms with E-state index in [1.807, 2.05) is 32.9 Å². The number of anilines is 1. The van der Waals surface area contributed by atoms with E-state index in [-0.39, 0.29) is 5.91 Å². The molecule has 1 heterocycles. The minimum Gasteiger partial charge on any atom is -0.322 e. The van der Waals surface area contributed by atoms with E-state index in [1.54, 1.807) is 17.9 Å². The summed E-state index contributed by atoms with van der Waals surface area (Å²) in [5, 5.41) is 7.08. The second kappa shape index (κ2) is 5.17. The van der Waals surface area contributed by atoms with Crippen LogP contribution in [0.2, 0.25) is 0 Å². The van der Waals surface area contributed by atoms with Crippen molar-refractivity contribution < 1.29 is 4.79 Å². The summed E-state index contributed by atoms with van der Waals surface area (Å²) in [4.78, 5) is 12.2. The molecule has 0 aliphatic carbocycles. The Morgan fingerprint density at radius 2 is 1.84 bits per heavy atom. The SMILES string of the molecule is Cc1cc(NC(=O)c2cn(C)nc2C)cc(C)c1Br. The van der Waals surface area contributed by atoms with Crippen LogP contribution < -0.4 is 5.32 Å². The van der Waals surface area contributed by atoms with E-state index in [0.29, 0.717) is 5.56 Å². The van der Waals surface area contributed by atoms with Crippen LogP contribution in [0.4, 0.5) is 5.69 Å². The maximum absolute atomic E-state index is 12.2. The van der Waals surface area contributed by atoms with Gasteiger partial charge in [-0.25, -0.2) is 0 Å². The molecule has 2 rings (SSSR count). The van der Waals surface area contributed by atoms with Crippen molar-refractivity contribution in [3.05, 3.63) is 45.2 Å². The number of halogens is 1. The first-order valence-corrected chi connectivity index (χ1v) is 6.76. The smallest absolute Gasteiger partial charge is 0.259 e. The molecule has 19 heavy (non-hydrogen) atoms. The van der Waals surface area contributed by atoms with Crippen molar-refractivity contribution in [1.82, 2.24) is 9.78 Å². The van der Waals surface area contributed by atoms with Gasteiger partial charge in [-0.2, -0.15) is 5.10 Å². The minimum absolute atomic E-state index is 0.133. The van der Waals surface area contributed by atoms with Gasteiger partial charge in [-0.05, 0) is 44.0 Å². The topological polar surface area (TPSA) is 46.9 Å². The van der Waals surface area contributed by atoms with Gasteiger partial charge in [0.2, 0.25) is 0 Å². The number of nitrogens with zero attached hydrogens (tertiary/aromatic N) is 2. The molecule has 1 aromatic carbocycles. The highest BCUT2D eigenvalue weighted by Crippen LogP contribution is 2.25. The number of rotatable bonds is 2. The Labute approximate surface area is 120 Å². The third-order valence-electron chi connectivity index (χ3n) is 2.95. The van der Waals surface area contributed by atoms with Crippen LogP contribution in [0.5, 0.6) is 0 Å². The van der Waals surface area contributed by atoms with Gasteiger partial charge in [0, 0.05) is 23.4 Å². The van der Waals surface area contributed by atoms with Crippen LogP contribution in [0.25, 0.3) is 0 Å². The normalized spacial score (nSPS) is 10.6. The molecular formula is C14H16BrN3O. The highest BCUT2D eigenvalue weighted by atomic mass is 79.9. The first-order chi connectivity index (χ1) is 8.88. The molecule has 0 atom stereocenters. The first-order valence-electron chi connectivity index (χ1n) is 5.97. The summed E-state index contributed by atoms with van der Waals surface area (Å²) in [5.41, 5.74) is 4.31. The van der Waals surface area contributed by atoms with Crippen molar-refractivity contribution in [1.29, 1.82) is 0 Å². The Kier molecular flexibility index (Phi) is 3.75. The van der Waals surface area contributed by atoms with E-state index < -0.39 is 0 Å². The number of benzene rings is 1. The third kappa shape index (κ3) is 2.87. The van der Waals surface area contributed by atoms with Crippen molar-refractivity contribution >= 4 is 27.5 Å². The highest BCUT2D eigenvalue weighted by molar-refractivity contribution is 9.10. The molecular weight excluding hydrogens is 306 g/mol. The molecule has 5 heteroatoms. The predicted octanol–water partition coefficient (Wildman–Crippen LogP) is 3.36. The molecule has 4 nitrogen and oxygen atoms in total. The van der Waals surface area contributed by atoms with E-state index in [4.69, 9.17) is 0 Å². The maximum Gasteiger partial charge on any atom is 0.259 e. The number of nitrogens with one attached hydrogen (secondary N) is 1. The lowest BCUT2D eigenvalue weighted by atomic mass is 10.1. The van der Waals surface area contributed by atoms with Gasteiger partial charge in [0.15, 0.2) is 0 Å². The second-order valence-electron chi connectivity index (χ2n) is 4.68. The summed E-state index contributed by atoms with van der Waals surface area (Å²) in [7, 11) is 1.80. The average molecular weight is 322 g/mol. The van der Waals surface area contributed by atoms with Gasteiger partial charge in [-0.15, -0.1) is 0 Å². The van der Waals surface area contributed by atoms with E-state index in [0.717, 1.165) is 27.0 Å². The zero-order valence-corrected chi connectivity index (χ0v) is 13.0. The summed E-state index contributed by atoms with van der Waals surface area (Å²) >= 11 is 3.51. The number of amides is 1. The molecule has 0 unspecified atom stereocenters. The molecule has 0 fully saturated rings. The van der Waals surface area contributed by atoms with Gasteiger partial charge in [0.1, 0.15) is 0 Å². The van der Waals surface area contributed by atoms with E-state index in [9.17, 15) is 4.79 Å². The van der Waals surface area contributed by atoms with Gasteiger partial charge in [0.05, 0.1) is 11.3 Å². The van der Waals surface area contributed by atoms with E-state index in [1.165, 1.54) is 0 Å². The van der Waals surface area contributed by atoms with Crippen LogP contribution in [0.15, 0.2) is 22.8 Å². The molecule has 0 saturated carbocycles. The van der Waals surface area contributed by atoms with Crippen LogP contribution in [0.3, 0.4) is 0 Å². The summed E-state index contributed by atoms with van der Waals surface area (Å²) < 4.78 is 2.71. The third-order valence-corrected chi connectivity index (χ3v) is 4.20. The summed E-state index contributed by atoms with van der Waals surface area (Å²) in [6.07, 6.45) is 1.73. The van der Waals surface area contributed by atoms with Crippen LogP contribution in [-0.2, 0) is 7.05 Å². The Bertz CT molecular complexity index is 623. The molecule has 0 aliphatic rings. The molecule has 0 saturated heterocycles. The first kappa shape index (κ1) is 13.8. The molecule has 2 aromatic rings. The average Bonchev–Trinajstić information content (AvgIpc) is 2.65. The van der Waals surface area contributed by atoms with Crippen molar-refractivity contribution in [3.63, 3.8) is 0 Å². The van der Waals surface area contributed by atoms with Gasteiger partial charge >= 0.3 is 0 Å². The summed E-state index contributed by atoms with van der Waals surface area (Å²) in [6.45, 7) is 5.83. The Morgan fingerprint density at radius 3 is 2.32 bits per heavy atom. The summed E-state index contributed by atoms with van der Waals surface area (Å²) in [5.74, 6) is -0.133. The van der Waals surface area contributed by atoms with Gasteiger partial charge in [-0.1, -0.05) is 15.9 Å². The van der Waals surface area contributed by atoms with Crippen molar-refractivity contribution in [3.8, 4) is 0 Å². The van der Waals surface area contributed by atoms with Crippen LogP contribution >= 0.6 is 15.9 Å². The van der Waals surface area contributed by atoms with Crippen LogP contribution in [-0.4, -0.2) is 15.7 Å². The summed E-state index contributed by atoms with van der Waals surface area (Å²) in [6, 6.07) is 3.89. The molecule has 0 radical (unpaired) electrons. The Balaban J connectivity index is 2.27. The number of carbonyl (C=O) groups is 1. The molecule has 0 bridgehead atoms. The van der Waals surface area contributed by atoms with Crippen molar-refractivity contribution in [2.75, 3.05) is 5.32 Å². The fourth-order valence-corrected chi connectivity index (χ4v) is 2.27. The van der Waals surface area contributed by atoms with Gasteiger partial charge < -0.3 is 5.32 Å². The number of aromatic nitrogens is 2. The monoisotopic (exact) mass is 321 g/mol. The number of hydrogen-bond acceptors (Lipinski definition) is 2. The number of hydrogen-bond donors (Lipinski definition) is 1. The predicted molar refractivity (Wildman–Crippen MR) is 79.5 cm³/mol. The largest absolute Gasteiger partial charge is 0.322 e. The van der Waals surface area contributed by atoms with E-state index >= 15 is 0 Å². The maximum atomic E-state index is 12.2.